The summed E-state index contributed by atoms with van der Waals surface area (Å²) in [6.45, 7) is 4.98. The highest BCUT2D eigenvalue weighted by Crippen LogP contribution is 2.21. The maximum Gasteiger partial charge on any atom is 0.137 e. The van der Waals surface area contributed by atoms with Crippen LogP contribution in [0.25, 0.3) is 10.9 Å². The van der Waals surface area contributed by atoms with Crippen LogP contribution in [0.2, 0.25) is 0 Å². The molecule has 2 aromatic rings. The van der Waals surface area contributed by atoms with Crippen LogP contribution in [-0.4, -0.2) is 29.7 Å². The van der Waals surface area contributed by atoms with Gasteiger partial charge in [-0.2, -0.15) is 0 Å². The Balaban J connectivity index is 2.24. The molecule has 1 unspecified atom stereocenters. The largest absolute Gasteiger partial charge is 0.383 e. The van der Waals surface area contributed by atoms with E-state index < -0.39 is 0 Å². The zero-order valence-electron chi connectivity index (χ0n) is 12.5. The summed E-state index contributed by atoms with van der Waals surface area (Å²) in [5, 5.41) is 4.58. The summed E-state index contributed by atoms with van der Waals surface area (Å²) in [5.41, 5.74) is 2.19. The molecular formula is C16H23N3O. The molecule has 20 heavy (non-hydrogen) atoms. The van der Waals surface area contributed by atoms with E-state index in [1.54, 1.807) is 13.4 Å². The second-order valence-corrected chi connectivity index (χ2v) is 5.18. The van der Waals surface area contributed by atoms with Gasteiger partial charge in [0.1, 0.15) is 12.1 Å². The van der Waals surface area contributed by atoms with Gasteiger partial charge in [0.2, 0.25) is 0 Å². The SMILES string of the molecule is CCCCC(COC)Nc1ncnc2ccc(C)cc12. The van der Waals surface area contributed by atoms with Crippen molar-refractivity contribution in [2.45, 2.75) is 39.2 Å². The van der Waals surface area contributed by atoms with Crippen LogP contribution >= 0.6 is 0 Å². The average molecular weight is 273 g/mol. The number of nitrogens with one attached hydrogen (secondary N) is 1. The molecule has 0 aliphatic rings. The number of aromatic nitrogens is 2. The fourth-order valence-electron chi connectivity index (χ4n) is 2.33. The molecule has 4 nitrogen and oxygen atoms in total. The first-order chi connectivity index (χ1) is 9.74. The quantitative estimate of drug-likeness (QED) is 0.838. The van der Waals surface area contributed by atoms with Gasteiger partial charge in [0.15, 0.2) is 0 Å². The number of ether oxygens (including phenoxy) is 1. The molecule has 0 fully saturated rings. The van der Waals surface area contributed by atoms with Crippen LogP contribution in [0.3, 0.4) is 0 Å². The first-order valence-electron chi connectivity index (χ1n) is 7.21. The van der Waals surface area contributed by atoms with Crippen LogP contribution in [-0.2, 0) is 4.74 Å². The third kappa shape index (κ3) is 3.67. The summed E-state index contributed by atoms with van der Waals surface area (Å²) in [6, 6.07) is 6.53. The van der Waals surface area contributed by atoms with Crippen LogP contribution in [0.1, 0.15) is 31.7 Å². The highest BCUT2D eigenvalue weighted by atomic mass is 16.5. The first-order valence-corrected chi connectivity index (χ1v) is 7.21. The smallest absolute Gasteiger partial charge is 0.137 e. The van der Waals surface area contributed by atoms with Crippen molar-refractivity contribution in [1.82, 2.24) is 9.97 Å². The molecule has 0 aliphatic heterocycles. The van der Waals surface area contributed by atoms with Crippen LogP contribution in [0.5, 0.6) is 0 Å². The molecule has 0 amide bonds. The van der Waals surface area contributed by atoms with E-state index >= 15 is 0 Å². The second kappa shape index (κ2) is 7.20. The second-order valence-electron chi connectivity index (χ2n) is 5.18. The van der Waals surface area contributed by atoms with Crippen molar-refractivity contribution in [3.8, 4) is 0 Å². The van der Waals surface area contributed by atoms with Crippen molar-refractivity contribution in [1.29, 1.82) is 0 Å². The number of nitrogens with zero attached hydrogens (tertiary/aromatic N) is 2. The van der Waals surface area contributed by atoms with Gasteiger partial charge >= 0.3 is 0 Å². The van der Waals surface area contributed by atoms with Gasteiger partial charge in [-0.25, -0.2) is 9.97 Å². The summed E-state index contributed by atoms with van der Waals surface area (Å²) in [7, 11) is 1.74. The van der Waals surface area contributed by atoms with Crippen LogP contribution in [0.4, 0.5) is 5.82 Å². The highest BCUT2D eigenvalue weighted by Gasteiger charge is 2.11. The fraction of sp³-hybridized carbons (Fsp3) is 0.500. The molecule has 0 aliphatic carbocycles. The molecule has 0 radical (unpaired) electrons. The number of hydrogen-bond donors (Lipinski definition) is 1. The molecule has 1 atom stereocenters. The van der Waals surface area contributed by atoms with E-state index in [2.05, 4.69) is 41.3 Å². The van der Waals surface area contributed by atoms with E-state index in [4.69, 9.17) is 4.74 Å². The van der Waals surface area contributed by atoms with Crippen molar-refractivity contribution in [3.05, 3.63) is 30.1 Å². The summed E-state index contributed by atoms with van der Waals surface area (Å²) in [6.07, 6.45) is 5.07. The number of methoxy groups -OCH3 is 1. The van der Waals surface area contributed by atoms with Crippen molar-refractivity contribution in [2.24, 2.45) is 0 Å². The minimum absolute atomic E-state index is 0.290. The van der Waals surface area contributed by atoms with Crippen LogP contribution < -0.4 is 5.32 Å². The van der Waals surface area contributed by atoms with Crippen molar-refractivity contribution < 1.29 is 4.74 Å². The molecular weight excluding hydrogens is 250 g/mol. The maximum atomic E-state index is 5.30. The van der Waals surface area contributed by atoms with Crippen molar-refractivity contribution >= 4 is 16.7 Å². The van der Waals surface area contributed by atoms with Crippen LogP contribution in [0, 0.1) is 6.92 Å². The van der Waals surface area contributed by atoms with Gasteiger partial charge in [0.05, 0.1) is 18.2 Å². The van der Waals surface area contributed by atoms with Gasteiger partial charge in [-0.15, -0.1) is 0 Å². The summed E-state index contributed by atoms with van der Waals surface area (Å²) >= 11 is 0. The van der Waals surface area contributed by atoms with Gasteiger partial charge in [-0.3, -0.25) is 0 Å². The minimum atomic E-state index is 0.290. The summed E-state index contributed by atoms with van der Waals surface area (Å²) in [5.74, 6) is 0.900. The van der Waals surface area contributed by atoms with E-state index in [9.17, 15) is 0 Å². The normalized spacial score (nSPS) is 12.6. The molecule has 1 N–H and O–H groups in total. The lowest BCUT2D eigenvalue weighted by Gasteiger charge is -2.19. The van der Waals surface area contributed by atoms with E-state index in [1.807, 2.05) is 6.07 Å². The minimum Gasteiger partial charge on any atom is -0.383 e. The third-order valence-corrected chi connectivity index (χ3v) is 3.41. The molecule has 0 spiro atoms. The predicted molar refractivity (Wildman–Crippen MR) is 83.1 cm³/mol. The zero-order chi connectivity index (χ0) is 14.4. The third-order valence-electron chi connectivity index (χ3n) is 3.41. The Morgan fingerprint density at radius 2 is 2.15 bits per heavy atom. The number of aryl methyl sites for hydroxylation is 1. The maximum absolute atomic E-state index is 5.30. The van der Waals surface area contributed by atoms with Gasteiger partial charge in [-0.05, 0) is 25.5 Å². The molecule has 0 bridgehead atoms. The molecule has 1 heterocycles. The fourth-order valence-corrected chi connectivity index (χ4v) is 2.33. The Labute approximate surface area is 120 Å². The molecule has 0 saturated carbocycles. The molecule has 1 aromatic carbocycles. The lowest BCUT2D eigenvalue weighted by atomic mass is 10.1. The van der Waals surface area contributed by atoms with Gasteiger partial charge < -0.3 is 10.1 Å². The lowest BCUT2D eigenvalue weighted by Crippen LogP contribution is -2.25. The average Bonchev–Trinajstić information content (AvgIpc) is 2.45. The molecule has 4 heteroatoms. The standard InChI is InChI=1S/C16H23N3O/c1-4-5-6-13(10-20-3)19-16-14-9-12(2)7-8-15(14)17-11-18-16/h7-9,11,13H,4-6,10H2,1-3H3,(H,17,18,19). The van der Waals surface area contributed by atoms with E-state index in [1.165, 1.54) is 18.4 Å². The molecule has 2 rings (SSSR count). The Morgan fingerprint density at radius 1 is 1.30 bits per heavy atom. The van der Waals surface area contributed by atoms with Gasteiger partial charge in [0.25, 0.3) is 0 Å². The number of rotatable bonds is 7. The monoisotopic (exact) mass is 273 g/mol. The number of unbranched alkanes of at least 4 members (excludes halogenated alkanes) is 1. The number of fused-ring (bicyclic) bond motifs is 1. The number of benzene rings is 1. The Morgan fingerprint density at radius 3 is 2.90 bits per heavy atom. The number of hydrogen-bond acceptors (Lipinski definition) is 4. The molecule has 108 valence electrons. The molecule has 1 aromatic heterocycles. The summed E-state index contributed by atoms with van der Waals surface area (Å²) in [4.78, 5) is 8.72. The van der Waals surface area contributed by atoms with Crippen molar-refractivity contribution in [2.75, 3.05) is 19.0 Å². The summed E-state index contributed by atoms with van der Waals surface area (Å²) < 4.78 is 5.30. The highest BCUT2D eigenvalue weighted by molar-refractivity contribution is 5.89. The van der Waals surface area contributed by atoms with Gasteiger partial charge in [-0.1, -0.05) is 31.4 Å². The number of anilines is 1. The predicted octanol–water partition coefficient (Wildman–Crippen LogP) is 3.56. The first kappa shape index (κ1) is 14.7. The van der Waals surface area contributed by atoms with E-state index in [0.717, 1.165) is 23.1 Å². The van der Waals surface area contributed by atoms with E-state index in [0.29, 0.717) is 12.6 Å². The Bertz CT molecular complexity index is 556. The van der Waals surface area contributed by atoms with Crippen LogP contribution in [0.15, 0.2) is 24.5 Å². The Hall–Kier alpha value is -1.68. The van der Waals surface area contributed by atoms with E-state index in [-0.39, 0.29) is 0 Å². The van der Waals surface area contributed by atoms with Crippen molar-refractivity contribution in [3.63, 3.8) is 0 Å². The lowest BCUT2D eigenvalue weighted by molar-refractivity contribution is 0.182. The van der Waals surface area contributed by atoms with Gasteiger partial charge in [0, 0.05) is 12.5 Å². The molecule has 0 saturated heterocycles. The Kier molecular flexibility index (Phi) is 5.30. The topological polar surface area (TPSA) is 47.0 Å². The zero-order valence-corrected chi connectivity index (χ0v) is 12.5.